The number of rotatable bonds is 10. The molecule has 0 saturated carbocycles. The molecule has 0 aromatic rings. The fraction of sp³-hybridized carbons (Fsp3) is 1.00. The Balaban J connectivity index is 4.16. The molecule has 0 fully saturated rings. The van der Waals surface area contributed by atoms with Crippen molar-refractivity contribution in [3.8, 4) is 0 Å². The van der Waals surface area contributed by atoms with Gasteiger partial charge in [0, 0.05) is 13.3 Å². The third-order valence-electron chi connectivity index (χ3n) is 3.35. The molecule has 0 spiro atoms. The normalized spacial score (nSPS) is 11.9. The molecule has 0 heterocycles. The van der Waals surface area contributed by atoms with E-state index < -0.39 is 7.26 Å². The number of hydrogen-bond acceptors (Lipinski definition) is 0. The van der Waals surface area contributed by atoms with Gasteiger partial charge in [-0.05, 0) is 19.3 Å². The predicted molar refractivity (Wildman–Crippen MR) is 76.9 cm³/mol. The van der Waals surface area contributed by atoms with Gasteiger partial charge in [0.25, 0.3) is 0 Å². The minimum absolute atomic E-state index is 0.749. The van der Waals surface area contributed by atoms with Crippen molar-refractivity contribution < 1.29 is 0 Å². The lowest BCUT2D eigenvalue weighted by Gasteiger charge is -2.26. The van der Waals surface area contributed by atoms with Crippen LogP contribution in [0, 0.1) is 0 Å². The SMILES string of the molecule is [B]C[P+](CCCC)(CCCC)CCCC. The van der Waals surface area contributed by atoms with Crippen LogP contribution in [0.2, 0.25) is 0 Å². The van der Waals surface area contributed by atoms with Crippen LogP contribution in [0.15, 0.2) is 0 Å². The van der Waals surface area contributed by atoms with E-state index in [9.17, 15) is 0 Å². The Kier molecular flexibility index (Phi) is 10.0. The monoisotopic (exact) mass is 227 g/mol. The molecule has 0 rings (SSSR count). The van der Waals surface area contributed by atoms with Crippen LogP contribution in [0.25, 0.3) is 0 Å². The Bertz CT molecular complexity index is 115. The Hall–Kier alpha value is 0.495. The molecule has 0 N–H and O–H groups in total. The second-order valence-electron chi connectivity index (χ2n) is 4.76. The average Bonchev–Trinajstić information content (AvgIpc) is 2.29. The van der Waals surface area contributed by atoms with E-state index in [1.165, 1.54) is 57.0 Å². The summed E-state index contributed by atoms with van der Waals surface area (Å²) >= 11 is 0. The van der Waals surface area contributed by atoms with Crippen molar-refractivity contribution in [1.29, 1.82) is 0 Å². The molecule has 0 atom stereocenters. The third kappa shape index (κ3) is 6.62. The second kappa shape index (κ2) is 9.70. The van der Waals surface area contributed by atoms with Gasteiger partial charge in [0.15, 0.2) is 0 Å². The van der Waals surface area contributed by atoms with Gasteiger partial charge in [0.1, 0.15) is 7.85 Å². The van der Waals surface area contributed by atoms with Gasteiger partial charge in [0.05, 0.1) is 18.5 Å². The minimum Gasteiger partial charge on any atom is -0.0652 e. The lowest BCUT2D eigenvalue weighted by Crippen LogP contribution is -2.12. The van der Waals surface area contributed by atoms with Gasteiger partial charge in [-0.25, -0.2) is 0 Å². The van der Waals surface area contributed by atoms with Crippen LogP contribution in [0.5, 0.6) is 0 Å². The summed E-state index contributed by atoms with van der Waals surface area (Å²) in [5.74, 6) is 0. The standard InChI is InChI=1S/C13H29BP/c1-4-7-10-15(13-14,11-8-5-2)12-9-6-3/h4-13H2,1-3H3/q+1. The van der Waals surface area contributed by atoms with Crippen molar-refractivity contribution in [1.82, 2.24) is 0 Å². The van der Waals surface area contributed by atoms with Gasteiger partial charge in [-0.1, -0.05) is 40.0 Å². The maximum atomic E-state index is 6.08. The van der Waals surface area contributed by atoms with E-state index in [4.69, 9.17) is 7.85 Å². The zero-order chi connectivity index (χ0) is 11.6. The quantitative estimate of drug-likeness (QED) is 0.380. The van der Waals surface area contributed by atoms with Crippen LogP contribution < -0.4 is 0 Å². The lowest BCUT2D eigenvalue weighted by molar-refractivity contribution is 0.837. The molecule has 15 heavy (non-hydrogen) atoms. The van der Waals surface area contributed by atoms with E-state index in [-0.39, 0.29) is 0 Å². The lowest BCUT2D eigenvalue weighted by atomic mass is 10.2. The highest BCUT2D eigenvalue weighted by Crippen LogP contribution is 2.59. The summed E-state index contributed by atoms with van der Waals surface area (Å²) in [5, 5.41) is 0. The molecule has 0 unspecified atom stereocenters. The Labute approximate surface area is 99.4 Å². The molecular formula is C13H29BP+. The first kappa shape index (κ1) is 15.5. The van der Waals surface area contributed by atoms with Crippen LogP contribution >= 0.6 is 7.26 Å². The van der Waals surface area contributed by atoms with Crippen molar-refractivity contribution >= 4 is 15.1 Å². The second-order valence-corrected chi connectivity index (χ2v) is 9.15. The van der Waals surface area contributed by atoms with E-state index in [1.54, 1.807) is 0 Å². The van der Waals surface area contributed by atoms with Gasteiger partial charge in [-0.3, -0.25) is 0 Å². The fourth-order valence-corrected chi connectivity index (χ4v) is 6.27. The van der Waals surface area contributed by atoms with Crippen LogP contribution in [-0.2, 0) is 0 Å². The van der Waals surface area contributed by atoms with E-state index in [1.807, 2.05) is 0 Å². The van der Waals surface area contributed by atoms with Gasteiger partial charge in [-0.2, -0.15) is 0 Å². The molecule has 0 aliphatic carbocycles. The number of hydrogen-bond donors (Lipinski definition) is 0. The first-order valence-electron chi connectivity index (χ1n) is 6.79. The first-order chi connectivity index (χ1) is 7.24. The highest BCUT2D eigenvalue weighted by atomic mass is 31.2. The zero-order valence-electron chi connectivity index (χ0n) is 11.1. The smallest absolute Gasteiger partial charge is 0.0652 e. The van der Waals surface area contributed by atoms with Crippen molar-refractivity contribution in [3.05, 3.63) is 0 Å². The van der Waals surface area contributed by atoms with Crippen LogP contribution in [0.4, 0.5) is 0 Å². The van der Waals surface area contributed by atoms with E-state index in [0.29, 0.717) is 0 Å². The predicted octanol–water partition coefficient (Wildman–Crippen LogP) is 4.53. The highest BCUT2D eigenvalue weighted by molar-refractivity contribution is 7.77. The van der Waals surface area contributed by atoms with E-state index in [2.05, 4.69) is 20.8 Å². The molecule has 0 saturated heterocycles. The van der Waals surface area contributed by atoms with Crippen LogP contribution in [0.3, 0.4) is 0 Å². The summed E-state index contributed by atoms with van der Waals surface area (Å²) in [4.78, 5) is 0. The molecule has 0 aliphatic heterocycles. The maximum Gasteiger partial charge on any atom is 0.122 e. The molecule has 0 aromatic carbocycles. The van der Waals surface area contributed by atoms with Gasteiger partial charge >= 0.3 is 0 Å². The third-order valence-corrected chi connectivity index (χ3v) is 7.91. The fourth-order valence-electron chi connectivity index (χ4n) is 2.09. The van der Waals surface area contributed by atoms with Crippen LogP contribution in [-0.4, -0.2) is 32.4 Å². The molecule has 0 bridgehead atoms. The van der Waals surface area contributed by atoms with Gasteiger partial charge in [0.2, 0.25) is 0 Å². The summed E-state index contributed by atoms with van der Waals surface area (Å²) in [6.07, 6.45) is 12.6. The molecule has 0 amide bonds. The Morgan fingerprint density at radius 2 is 1.07 bits per heavy atom. The molecule has 0 nitrogen and oxygen atoms in total. The molecule has 88 valence electrons. The van der Waals surface area contributed by atoms with Crippen molar-refractivity contribution in [3.63, 3.8) is 0 Å². The van der Waals surface area contributed by atoms with Crippen molar-refractivity contribution in [2.24, 2.45) is 0 Å². The van der Waals surface area contributed by atoms with Crippen molar-refractivity contribution in [2.75, 3.05) is 24.5 Å². The largest absolute Gasteiger partial charge is 0.122 e. The summed E-state index contributed by atoms with van der Waals surface area (Å²) in [5.41, 5.74) is 0. The average molecular weight is 227 g/mol. The Morgan fingerprint density at radius 1 is 0.733 bits per heavy atom. The van der Waals surface area contributed by atoms with E-state index in [0.717, 1.165) is 6.06 Å². The van der Waals surface area contributed by atoms with E-state index >= 15 is 0 Å². The zero-order valence-corrected chi connectivity index (χ0v) is 12.0. The van der Waals surface area contributed by atoms with Crippen molar-refractivity contribution in [2.45, 2.75) is 59.3 Å². The highest BCUT2D eigenvalue weighted by Gasteiger charge is 2.32. The maximum absolute atomic E-state index is 6.08. The summed E-state index contributed by atoms with van der Waals surface area (Å²) in [6.45, 7) is 6.89. The van der Waals surface area contributed by atoms with Gasteiger partial charge in [-0.15, -0.1) is 0 Å². The molecule has 0 aromatic heterocycles. The first-order valence-corrected chi connectivity index (χ1v) is 9.32. The summed E-state index contributed by atoms with van der Waals surface area (Å²) < 4.78 is 0. The Morgan fingerprint density at radius 3 is 1.27 bits per heavy atom. The molecule has 0 aliphatic rings. The topological polar surface area (TPSA) is 0 Å². The molecule has 2 heteroatoms. The van der Waals surface area contributed by atoms with Crippen LogP contribution in [0.1, 0.15) is 59.3 Å². The minimum atomic E-state index is -0.749. The summed E-state index contributed by atoms with van der Waals surface area (Å²) in [7, 11) is 5.33. The summed E-state index contributed by atoms with van der Waals surface area (Å²) in [6, 6.07) is 1.01. The molecule has 2 radical (unpaired) electrons. The molecular weight excluding hydrogens is 198 g/mol. The number of unbranched alkanes of at least 4 members (excludes halogenated alkanes) is 3. The van der Waals surface area contributed by atoms with Gasteiger partial charge < -0.3 is 0 Å².